The minimum Gasteiger partial charge on any atom is -0.462 e. The normalized spacial score (nSPS) is 13.4. The Morgan fingerprint density at radius 2 is 0.898 bits per heavy atom. The van der Waals surface area contributed by atoms with Crippen LogP contribution >= 0.6 is 0 Å². The summed E-state index contributed by atoms with van der Waals surface area (Å²) in [5.74, 6) is -1.22. The van der Waals surface area contributed by atoms with E-state index < -0.39 is 12.1 Å². The molecule has 0 aromatic carbocycles. The van der Waals surface area contributed by atoms with Crippen LogP contribution in [0.2, 0.25) is 0 Å². The third kappa shape index (κ3) is 35.0. The molecule has 1 unspecified atom stereocenters. The van der Waals surface area contributed by atoms with E-state index in [1.165, 1.54) is 0 Å². The lowest BCUT2D eigenvalue weighted by atomic mass is 10.2. The monoisotopic (exact) mass is 674 g/mol. The number of ether oxygens (including phenoxy) is 3. The molecule has 0 aliphatic rings. The van der Waals surface area contributed by atoms with Gasteiger partial charge < -0.3 is 14.2 Å². The number of esters is 3. The summed E-state index contributed by atoms with van der Waals surface area (Å²) >= 11 is 0. The number of hydrogen-bond donors (Lipinski definition) is 0. The summed E-state index contributed by atoms with van der Waals surface area (Å²) in [6.45, 7) is 5.98. The van der Waals surface area contributed by atoms with E-state index in [9.17, 15) is 14.4 Å². The highest BCUT2D eigenvalue weighted by Gasteiger charge is 2.19. The lowest BCUT2D eigenvalue weighted by Gasteiger charge is -2.18. The van der Waals surface area contributed by atoms with Crippen molar-refractivity contribution in [2.24, 2.45) is 0 Å². The molecule has 0 saturated carbocycles. The van der Waals surface area contributed by atoms with E-state index in [0.29, 0.717) is 12.8 Å². The average molecular weight is 675 g/mol. The van der Waals surface area contributed by atoms with Crippen LogP contribution < -0.4 is 0 Å². The van der Waals surface area contributed by atoms with E-state index in [1.807, 2.05) is 66.8 Å². The fourth-order valence-corrected chi connectivity index (χ4v) is 3.98. The van der Waals surface area contributed by atoms with Crippen molar-refractivity contribution in [3.8, 4) is 0 Å². The summed E-state index contributed by atoms with van der Waals surface area (Å²) in [4.78, 5) is 37.2. The first-order valence-corrected chi connectivity index (χ1v) is 18.1. The van der Waals surface area contributed by atoms with Gasteiger partial charge in [-0.25, -0.2) is 0 Å². The number of rotatable bonds is 29. The van der Waals surface area contributed by atoms with Crippen LogP contribution in [0.4, 0.5) is 0 Å². The highest BCUT2D eigenvalue weighted by Crippen LogP contribution is 2.07. The molecule has 0 aromatic heterocycles. The largest absolute Gasteiger partial charge is 0.462 e. The molecule has 0 heterocycles. The molecule has 0 fully saturated rings. The molecule has 0 aliphatic heterocycles. The molecule has 0 aromatic rings. The molecular formula is C43H62O6. The van der Waals surface area contributed by atoms with Crippen molar-refractivity contribution in [1.29, 1.82) is 0 Å². The third-order valence-corrected chi connectivity index (χ3v) is 6.60. The highest BCUT2D eigenvalue weighted by atomic mass is 16.6. The van der Waals surface area contributed by atoms with E-state index >= 15 is 0 Å². The van der Waals surface area contributed by atoms with Gasteiger partial charge in [0.15, 0.2) is 6.10 Å². The summed E-state index contributed by atoms with van der Waals surface area (Å²) in [6, 6.07) is 0. The van der Waals surface area contributed by atoms with Gasteiger partial charge >= 0.3 is 17.9 Å². The molecule has 6 heteroatoms. The highest BCUT2D eigenvalue weighted by molar-refractivity contribution is 5.72. The zero-order valence-electron chi connectivity index (χ0n) is 30.4. The first-order valence-electron chi connectivity index (χ1n) is 18.1. The second-order valence-corrected chi connectivity index (χ2v) is 11.1. The predicted octanol–water partition coefficient (Wildman–Crippen LogP) is 11.1. The predicted molar refractivity (Wildman–Crippen MR) is 205 cm³/mol. The van der Waals surface area contributed by atoms with E-state index in [2.05, 4.69) is 69.4 Å². The van der Waals surface area contributed by atoms with Crippen LogP contribution in [0.5, 0.6) is 0 Å². The SMILES string of the molecule is CC\C=C/C=C\C=C/C=C\C=C/CCCC(=O)OCC(COC(=O)CCCC/C=C\C/C=C\CC)OC(=O)C/C=C\C/C=C\C/C=C\CC. The fraction of sp³-hybridized carbons (Fsp3) is 0.465. The summed E-state index contributed by atoms with van der Waals surface area (Å²) in [5, 5.41) is 0. The molecule has 0 radical (unpaired) electrons. The van der Waals surface area contributed by atoms with Gasteiger partial charge in [-0.05, 0) is 70.6 Å². The maximum absolute atomic E-state index is 12.5. The molecule has 0 amide bonds. The van der Waals surface area contributed by atoms with Gasteiger partial charge in [0.2, 0.25) is 0 Å². The zero-order valence-corrected chi connectivity index (χ0v) is 30.4. The summed E-state index contributed by atoms with van der Waals surface area (Å²) < 4.78 is 16.3. The van der Waals surface area contributed by atoms with Crippen LogP contribution in [0, 0.1) is 0 Å². The summed E-state index contributed by atoms with van der Waals surface area (Å²) in [6.07, 6.45) is 49.5. The standard InChI is InChI=1S/C43H62O6/c1-4-7-10-13-16-19-20-21-22-25-27-30-33-36-42(45)48-39-40(49-43(46)37-34-31-28-24-18-15-12-9-6-3)38-47-41(44)35-32-29-26-23-17-14-11-8-5-2/h7-13,16-25,27,31,34,40H,4-6,14-15,26,28-30,32-33,35-39H2,1-3H3/b10-7-,11-8-,12-9-,16-13-,20-19-,22-21-,23-17-,24-18-,27-25-,34-31-. The Morgan fingerprint density at radius 3 is 1.47 bits per heavy atom. The molecule has 0 aliphatic carbocycles. The van der Waals surface area contributed by atoms with Crippen LogP contribution in [0.1, 0.15) is 111 Å². The van der Waals surface area contributed by atoms with Crippen LogP contribution in [-0.2, 0) is 28.6 Å². The van der Waals surface area contributed by atoms with Crippen molar-refractivity contribution in [3.63, 3.8) is 0 Å². The molecule has 1 atom stereocenters. The van der Waals surface area contributed by atoms with Crippen LogP contribution in [0.3, 0.4) is 0 Å². The minimum absolute atomic E-state index is 0.0767. The lowest BCUT2D eigenvalue weighted by Crippen LogP contribution is -2.30. The maximum Gasteiger partial charge on any atom is 0.310 e. The first kappa shape index (κ1) is 44.8. The molecule has 0 N–H and O–H groups in total. The lowest BCUT2D eigenvalue weighted by molar-refractivity contribution is -0.166. The van der Waals surface area contributed by atoms with Crippen LogP contribution in [-0.4, -0.2) is 37.2 Å². The fourth-order valence-electron chi connectivity index (χ4n) is 3.98. The van der Waals surface area contributed by atoms with Gasteiger partial charge in [-0.1, -0.05) is 142 Å². The Labute approximate surface area is 297 Å². The van der Waals surface area contributed by atoms with Crippen molar-refractivity contribution in [2.45, 2.75) is 117 Å². The molecule has 6 nitrogen and oxygen atoms in total. The van der Waals surface area contributed by atoms with Gasteiger partial charge in [-0.2, -0.15) is 0 Å². The maximum atomic E-state index is 12.5. The molecule has 49 heavy (non-hydrogen) atoms. The van der Waals surface area contributed by atoms with E-state index in [1.54, 1.807) is 6.08 Å². The Morgan fingerprint density at radius 1 is 0.449 bits per heavy atom. The van der Waals surface area contributed by atoms with Crippen molar-refractivity contribution >= 4 is 17.9 Å². The average Bonchev–Trinajstić information content (AvgIpc) is 3.10. The van der Waals surface area contributed by atoms with Gasteiger partial charge in [-0.3, -0.25) is 14.4 Å². The van der Waals surface area contributed by atoms with Gasteiger partial charge in [0.1, 0.15) is 13.2 Å². The van der Waals surface area contributed by atoms with Crippen LogP contribution in [0.25, 0.3) is 0 Å². The number of hydrogen-bond acceptors (Lipinski definition) is 6. The van der Waals surface area contributed by atoms with Crippen molar-refractivity contribution in [3.05, 3.63) is 122 Å². The molecule has 0 rings (SSSR count). The van der Waals surface area contributed by atoms with Gasteiger partial charge in [0.25, 0.3) is 0 Å². The summed E-state index contributed by atoms with van der Waals surface area (Å²) in [5.41, 5.74) is 0. The van der Waals surface area contributed by atoms with Gasteiger partial charge in [0, 0.05) is 12.8 Å². The summed E-state index contributed by atoms with van der Waals surface area (Å²) in [7, 11) is 0. The van der Waals surface area contributed by atoms with Crippen LogP contribution in [0.15, 0.2) is 122 Å². The first-order chi connectivity index (χ1) is 24.0. The van der Waals surface area contributed by atoms with Crippen molar-refractivity contribution in [2.75, 3.05) is 13.2 Å². The quantitative estimate of drug-likeness (QED) is 0.0258. The topological polar surface area (TPSA) is 78.9 Å². The Hall–Kier alpha value is -4.19. The van der Waals surface area contributed by atoms with E-state index in [0.717, 1.165) is 57.8 Å². The number of carbonyl (C=O) groups excluding carboxylic acids is 3. The zero-order chi connectivity index (χ0) is 35.9. The Bertz CT molecular complexity index is 1140. The third-order valence-electron chi connectivity index (χ3n) is 6.60. The minimum atomic E-state index is -0.867. The molecule has 0 spiro atoms. The van der Waals surface area contributed by atoms with E-state index in [4.69, 9.17) is 14.2 Å². The molecule has 0 bridgehead atoms. The molecule has 270 valence electrons. The van der Waals surface area contributed by atoms with Crippen molar-refractivity contribution in [1.82, 2.24) is 0 Å². The number of allylic oxidation sites excluding steroid dienone is 19. The Kier molecular flexibility index (Phi) is 33.5. The molecule has 0 saturated heterocycles. The van der Waals surface area contributed by atoms with Crippen molar-refractivity contribution < 1.29 is 28.6 Å². The van der Waals surface area contributed by atoms with Gasteiger partial charge in [0.05, 0.1) is 6.42 Å². The number of carbonyl (C=O) groups is 3. The number of unbranched alkanes of at least 4 members (excludes halogenated alkanes) is 3. The molecular weight excluding hydrogens is 612 g/mol. The smallest absolute Gasteiger partial charge is 0.310 e. The van der Waals surface area contributed by atoms with Gasteiger partial charge in [-0.15, -0.1) is 0 Å². The Balaban J connectivity index is 4.68. The second kappa shape index (κ2) is 36.6. The second-order valence-electron chi connectivity index (χ2n) is 11.1. The van der Waals surface area contributed by atoms with E-state index in [-0.39, 0.29) is 44.4 Å².